The molecule has 0 atom stereocenters. The van der Waals surface area contributed by atoms with Crippen molar-refractivity contribution in [1.82, 2.24) is 14.8 Å². The SMILES string of the molecule is Cc1ccc2oc3nc4c(cc3c(=O)c2c1)-c1c(cnn1-c1ccccc1)CC4. The van der Waals surface area contributed by atoms with Crippen LogP contribution >= 0.6 is 0 Å². The van der Waals surface area contributed by atoms with Gasteiger partial charge < -0.3 is 4.42 Å². The van der Waals surface area contributed by atoms with E-state index in [1.165, 1.54) is 5.56 Å². The summed E-state index contributed by atoms with van der Waals surface area (Å²) in [6, 6.07) is 17.6. The van der Waals surface area contributed by atoms with Gasteiger partial charge in [0, 0.05) is 5.56 Å². The zero-order chi connectivity index (χ0) is 19.5. The second-order valence-corrected chi connectivity index (χ2v) is 7.53. The van der Waals surface area contributed by atoms with Crippen LogP contribution in [0.1, 0.15) is 16.8 Å². The summed E-state index contributed by atoms with van der Waals surface area (Å²) in [5.41, 5.74) is 7.03. The summed E-state index contributed by atoms with van der Waals surface area (Å²) < 4.78 is 7.94. The third kappa shape index (κ3) is 2.37. The van der Waals surface area contributed by atoms with Crippen molar-refractivity contribution in [2.75, 3.05) is 0 Å². The zero-order valence-electron chi connectivity index (χ0n) is 15.8. The molecule has 5 nitrogen and oxygen atoms in total. The first kappa shape index (κ1) is 16.2. The molecule has 0 radical (unpaired) electrons. The van der Waals surface area contributed by atoms with Crippen LogP contribution in [-0.4, -0.2) is 14.8 Å². The van der Waals surface area contributed by atoms with Gasteiger partial charge in [-0.3, -0.25) is 4.79 Å². The van der Waals surface area contributed by atoms with E-state index in [0.717, 1.165) is 41.0 Å². The van der Waals surface area contributed by atoms with E-state index < -0.39 is 0 Å². The molecule has 2 aromatic carbocycles. The third-order valence-corrected chi connectivity index (χ3v) is 5.63. The van der Waals surface area contributed by atoms with Crippen LogP contribution < -0.4 is 5.43 Å². The maximum absolute atomic E-state index is 13.2. The van der Waals surface area contributed by atoms with Crippen LogP contribution in [-0.2, 0) is 12.8 Å². The Hall–Kier alpha value is -3.73. The number of nitrogens with zero attached hydrogens (tertiary/aromatic N) is 3. The Bertz CT molecular complexity index is 1480. The number of aromatic nitrogens is 3. The molecule has 0 saturated carbocycles. The van der Waals surface area contributed by atoms with Crippen LogP contribution in [0.3, 0.4) is 0 Å². The van der Waals surface area contributed by atoms with Crippen LogP contribution in [0, 0.1) is 6.92 Å². The highest BCUT2D eigenvalue weighted by Gasteiger charge is 2.25. The molecule has 0 saturated heterocycles. The van der Waals surface area contributed by atoms with E-state index in [0.29, 0.717) is 22.1 Å². The minimum Gasteiger partial charge on any atom is -0.437 e. The minimum atomic E-state index is -0.0434. The highest BCUT2D eigenvalue weighted by atomic mass is 16.3. The highest BCUT2D eigenvalue weighted by molar-refractivity contribution is 5.91. The van der Waals surface area contributed by atoms with E-state index in [4.69, 9.17) is 9.40 Å². The molecule has 0 fully saturated rings. The fourth-order valence-corrected chi connectivity index (χ4v) is 4.20. The van der Waals surface area contributed by atoms with Gasteiger partial charge in [0.2, 0.25) is 11.1 Å². The molecule has 0 N–H and O–H groups in total. The number of rotatable bonds is 1. The molecule has 0 spiro atoms. The summed E-state index contributed by atoms with van der Waals surface area (Å²) in [6.07, 6.45) is 3.58. The molecule has 140 valence electrons. The van der Waals surface area contributed by atoms with Crippen molar-refractivity contribution in [1.29, 1.82) is 0 Å². The Morgan fingerprint density at radius 1 is 1.00 bits per heavy atom. The van der Waals surface area contributed by atoms with Gasteiger partial charge in [-0.05, 0) is 55.7 Å². The number of pyridine rings is 1. The van der Waals surface area contributed by atoms with E-state index in [9.17, 15) is 4.79 Å². The molecular weight excluding hydrogens is 362 g/mol. The standard InChI is InChI=1S/C24H17N3O2/c1-14-7-10-21-18(11-14)23(28)19-12-17-20(26-24(19)29-21)9-8-15-13-25-27(22(15)17)16-5-3-2-4-6-16/h2-7,10-13H,8-9H2,1H3. The normalized spacial score (nSPS) is 12.9. The van der Waals surface area contributed by atoms with Crippen molar-refractivity contribution in [2.24, 2.45) is 0 Å². The highest BCUT2D eigenvalue weighted by Crippen LogP contribution is 2.36. The molecule has 1 aliphatic carbocycles. The molecule has 0 bridgehead atoms. The molecule has 5 heteroatoms. The van der Waals surface area contributed by atoms with E-state index in [1.54, 1.807) is 0 Å². The van der Waals surface area contributed by atoms with Gasteiger partial charge in [0.25, 0.3) is 0 Å². The predicted molar refractivity (Wildman–Crippen MR) is 112 cm³/mol. The molecule has 0 aliphatic heterocycles. The van der Waals surface area contributed by atoms with Gasteiger partial charge in [-0.2, -0.15) is 5.10 Å². The third-order valence-electron chi connectivity index (χ3n) is 5.63. The lowest BCUT2D eigenvalue weighted by Crippen LogP contribution is -2.11. The molecule has 6 rings (SSSR count). The van der Waals surface area contributed by atoms with Crippen molar-refractivity contribution in [3.8, 4) is 16.9 Å². The monoisotopic (exact) mass is 379 g/mol. The van der Waals surface area contributed by atoms with E-state index in [2.05, 4.69) is 5.10 Å². The van der Waals surface area contributed by atoms with Crippen molar-refractivity contribution < 1.29 is 4.42 Å². The second-order valence-electron chi connectivity index (χ2n) is 7.53. The summed E-state index contributed by atoms with van der Waals surface area (Å²) in [7, 11) is 0. The first-order chi connectivity index (χ1) is 14.2. The van der Waals surface area contributed by atoms with Crippen molar-refractivity contribution in [3.05, 3.63) is 87.8 Å². The fourth-order valence-electron chi connectivity index (χ4n) is 4.20. The fraction of sp³-hybridized carbons (Fsp3) is 0.125. The summed E-state index contributed by atoms with van der Waals surface area (Å²) in [6.45, 7) is 1.97. The summed E-state index contributed by atoms with van der Waals surface area (Å²) in [5.74, 6) is 0. The van der Waals surface area contributed by atoms with Crippen LogP contribution in [0.5, 0.6) is 0 Å². The van der Waals surface area contributed by atoms with Crippen molar-refractivity contribution in [3.63, 3.8) is 0 Å². The lowest BCUT2D eigenvalue weighted by atomic mass is 9.93. The Morgan fingerprint density at radius 3 is 2.72 bits per heavy atom. The van der Waals surface area contributed by atoms with Crippen LogP contribution in [0.4, 0.5) is 0 Å². The Balaban J connectivity index is 1.67. The minimum absolute atomic E-state index is 0.0434. The Kier molecular flexibility index (Phi) is 3.29. The topological polar surface area (TPSA) is 60.9 Å². The van der Waals surface area contributed by atoms with Crippen LogP contribution in [0.15, 0.2) is 70.0 Å². The maximum Gasteiger partial charge on any atom is 0.230 e. The molecular formula is C24H17N3O2. The Labute approximate surface area is 166 Å². The van der Waals surface area contributed by atoms with Gasteiger partial charge in [-0.1, -0.05) is 29.8 Å². The lowest BCUT2D eigenvalue weighted by molar-refractivity contribution is 0.641. The van der Waals surface area contributed by atoms with Gasteiger partial charge in [0.15, 0.2) is 0 Å². The average Bonchev–Trinajstić information content (AvgIpc) is 3.19. The number of para-hydroxylation sites is 1. The predicted octanol–water partition coefficient (Wildman–Crippen LogP) is 4.60. The Morgan fingerprint density at radius 2 is 1.86 bits per heavy atom. The number of fused-ring (bicyclic) bond motifs is 5. The number of benzene rings is 2. The second kappa shape index (κ2) is 5.88. The smallest absolute Gasteiger partial charge is 0.230 e. The number of hydrogen-bond donors (Lipinski definition) is 0. The summed E-state index contributed by atoms with van der Waals surface area (Å²) in [5, 5.41) is 5.72. The number of aryl methyl sites for hydroxylation is 3. The quantitative estimate of drug-likeness (QED) is 0.399. The molecule has 0 unspecified atom stereocenters. The first-order valence-electron chi connectivity index (χ1n) is 9.69. The van der Waals surface area contributed by atoms with Gasteiger partial charge >= 0.3 is 0 Å². The van der Waals surface area contributed by atoms with Crippen molar-refractivity contribution >= 4 is 22.1 Å². The first-order valence-corrected chi connectivity index (χ1v) is 9.69. The molecule has 3 heterocycles. The summed E-state index contributed by atoms with van der Waals surface area (Å²) in [4.78, 5) is 18.0. The largest absolute Gasteiger partial charge is 0.437 e. The number of hydrogen-bond acceptors (Lipinski definition) is 4. The maximum atomic E-state index is 13.2. The van der Waals surface area contributed by atoms with E-state index >= 15 is 0 Å². The molecule has 29 heavy (non-hydrogen) atoms. The van der Waals surface area contributed by atoms with E-state index in [1.807, 2.05) is 72.4 Å². The van der Waals surface area contributed by atoms with Gasteiger partial charge in [0.05, 0.1) is 34.0 Å². The molecule has 1 aliphatic rings. The van der Waals surface area contributed by atoms with Crippen LogP contribution in [0.25, 0.3) is 39.0 Å². The average molecular weight is 379 g/mol. The van der Waals surface area contributed by atoms with Gasteiger partial charge in [-0.25, -0.2) is 9.67 Å². The summed E-state index contributed by atoms with van der Waals surface area (Å²) >= 11 is 0. The van der Waals surface area contributed by atoms with E-state index in [-0.39, 0.29) is 5.43 Å². The zero-order valence-corrected chi connectivity index (χ0v) is 15.8. The van der Waals surface area contributed by atoms with Gasteiger partial charge in [0.1, 0.15) is 5.58 Å². The molecule has 0 amide bonds. The van der Waals surface area contributed by atoms with Gasteiger partial charge in [-0.15, -0.1) is 0 Å². The molecule has 3 aromatic heterocycles. The van der Waals surface area contributed by atoms with Crippen molar-refractivity contribution in [2.45, 2.75) is 19.8 Å². The lowest BCUT2D eigenvalue weighted by Gasteiger charge is -2.18. The molecule has 5 aromatic rings. The van der Waals surface area contributed by atoms with Crippen LogP contribution in [0.2, 0.25) is 0 Å².